The van der Waals surface area contributed by atoms with Crippen LogP contribution in [-0.2, 0) is 16.2 Å². The fraction of sp³-hybridized carbons (Fsp3) is 0.100. The molecule has 1 aliphatic rings. The number of halogens is 2. The average Bonchev–Trinajstić information content (AvgIpc) is 2.91. The highest BCUT2D eigenvalue weighted by Crippen LogP contribution is 2.38. The molecule has 0 unspecified atom stereocenters. The number of urea groups is 1. The van der Waals surface area contributed by atoms with Crippen molar-refractivity contribution in [2.45, 2.75) is 13.5 Å². The summed E-state index contributed by atoms with van der Waals surface area (Å²) in [7, 11) is 1.51. The molecule has 4 aromatic rings. The molecule has 0 spiro atoms. The van der Waals surface area contributed by atoms with Crippen molar-refractivity contribution in [1.29, 1.82) is 0 Å². The van der Waals surface area contributed by atoms with Crippen LogP contribution in [0.4, 0.5) is 10.5 Å². The first-order chi connectivity index (χ1) is 18.8. The van der Waals surface area contributed by atoms with E-state index in [1.54, 1.807) is 30.3 Å². The Morgan fingerprint density at radius 3 is 2.56 bits per heavy atom. The lowest BCUT2D eigenvalue weighted by atomic mass is 10.0. The zero-order valence-corrected chi connectivity index (χ0v) is 23.3. The standard InChI is InChI=1S/C30H22BrClN2O5/c1-17-10-11-19-6-3-4-9-22(19)24(17)16-39-27-25(31)13-18(14-26(27)38-2)12-23-28(35)33-30(37)34(29(23)36)21-8-5-7-20(32)15-21/h3-15H,16H2,1-2H3,(H,33,35,37)/b23-12+. The topological polar surface area (TPSA) is 84.9 Å². The van der Waals surface area contributed by atoms with Crippen LogP contribution in [0, 0.1) is 6.92 Å². The Balaban J connectivity index is 1.46. The molecular formula is C30H22BrClN2O5. The summed E-state index contributed by atoms with van der Waals surface area (Å²) in [5, 5.41) is 4.78. The van der Waals surface area contributed by atoms with Gasteiger partial charge < -0.3 is 9.47 Å². The van der Waals surface area contributed by atoms with E-state index < -0.39 is 17.8 Å². The average molecular weight is 606 g/mol. The van der Waals surface area contributed by atoms with Gasteiger partial charge in [-0.2, -0.15) is 0 Å². The lowest BCUT2D eigenvalue weighted by Gasteiger charge is -2.26. The van der Waals surface area contributed by atoms with Crippen LogP contribution < -0.4 is 19.7 Å². The Morgan fingerprint density at radius 2 is 1.79 bits per heavy atom. The number of imide groups is 2. The predicted octanol–water partition coefficient (Wildman–Crippen LogP) is 6.82. The number of fused-ring (bicyclic) bond motifs is 1. The molecule has 9 heteroatoms. The number of amides is 4. The molecule has 0 radical (unpaired) electrons. The number of anilines is 1. The number of ether oxygens (including phenoxy) is 2. The highest BCUT2D eigenvalue weighted by molar-refractivity contribution is 9.10. The lowest BCUT2D eigenvalue weighted by Crippen LogP contribution is -2.54. The molecule has 0 aliphatic carbocycles. The number of rotatable bonds is 6. The molecular weight excluding hydrogens is 584 g/mol. The van der Waals surface area contributed by atoms with Crippen LogP contribution in [-0.4, -0.2) is 25.0 Å². The van der Waals surface area contributed by atoms with E-state index in [4.69, 9.17) is 21.1 Å². The zero-order valence-electron chi connectivity index (χ0n) is 21.0. The Labute approximate surface area is 238 Å². The number of barbiturate groups is 1. The van der Waals surface area contributed by atoms with Crippen molar-refractivity contribution in [1.82, 2.24) is 5.32 Å². The fourth-order valence-corrected chi connectivity index (χ4v) is 5.18. The summed E-state index contributed by atoms with van der Waals surface area (Å²) in [6.45, 7) is 2.34. The van der Waals surface area contributed by atoms with E-state index >= 15 is 0 Å². The monoisotopic (exact) mass is 604 g/mol. The van der Waals surface area contributed by atoms with Gasteiger partial charge in [-0.3, -0.25) is 14.9 Å². The first-order valence-corrected chi connectivity index (χ1v) is 13.1. The minimum atomic E-state index is -0.851. The van der Waals surface area contributed by atoms with Crippen LogP contribution in [0.5, 0.6) is 11.5 Å². The smallest absolute Gasteiger partial charge is 0.335 e. The molecule has 1 fully saturated rings. The van der Waals surface area contributed by atoms with Crippen LogP contribution in [0.3, 0.4) is 0 Å². The molecule has 4 amide bonds. The second-order valence-corrected chi connectivity index (χ2v) is 10.1. The van der Waals surface area contributed by atoms with Crippen LogP contribution >= 0.6 is 27.5 Å². The quantitative estimate of drug-likeness (QED) is 0.193. The number of carbonyl (C=O) groups excluding carboxylic acids is 3. The second kappa shape index (κ2) is 10.9. The molecule has 0 bridgehead atoms. The lowest BCUT2D eigenvalue weighted by molar-refractivity contribution is -0.122. The summed E-state index contributed by atoms with van der Waals surface area (Å²) in [5.74, 6) is -0.694. The maximum Gasteiger partial charge on any atom is 0.335 e. The zero-order chi connectivity index (χ0) is 27.7. The van der Waals surface area contributed by atoms with Crippen molar-refractivity contribution in [2.24, 2.45) is 0 Å². The van der Waals surface area contributed by atoms with Gasteiger partial charge in [0.05, 0.1) is 17.3 Å². The third-order valence-corrected chi connectivity index (χ3v) is 7.19. The van der Waals surface area contributed by atoms with Crippen molar-refractivity contribution in [3.8, 4) is 11.5 Å². The van der Waals surface area contributed by atoms with Crippen LogP contribution in [0.25, 0.3) is 16.8 Å². The minimum absolute atomic E-state index is 0.219. The van der Waals surface area contributed by atoms with Crippen LogP contribution in [0.15, 0.2) is 82.8 Å². The molecule has 0 aromatic heterocycles. The van der Waals surface area contributed by atoms with Gasteiger partial charge in [-0.25, -0.2) is 9.69 Å². The first kappa shape index (κ1) is 26.5. The Morgan fingerprint density at radius 1 is 1.00 bits per heavy atom. The molecule has 5 rings (SSSR count). The van der Waals surface area contributed by atoms with E-state index in [2.05, 4.69) is 45.5 Å². The van der Waals surface area contributed by atoms with Crippen LogP contribution in [0.2, 0.25) is 5.02 Å². The van der Waals surface area contributed by atoms with Gasteiger partial charge in [-0.05, 0) is 81.2 Å². The van der Waals surface area contributed by atoms with Gasteiger partial charge in [0.1, 0.15) is 12.2 Å². The first-order valence-electron chi connectivity index (χ1n) is 11.9. The molecule has 1 aliphatic heterocycles. The van der Waals surface area contributed by atoms with Gasteiger partial charge in [0.2, 0.25) is 0 Å². The summed E-state index contributed by atoms with van der Waals surface area (Å²) >= 11 is 9.58. The molecule has 1 saturated heterocycles. The maximum absolute atomic E-state index is 13.2. The normalized spacial score (nSPS) is 14.6. The number of hydrogen-bond donors (Lipinski definition) is 1. The highest BCUT2D eigenvalue weighted by Gasteiger charge is 2.37. The molecule has 4 aromatic carbocycles. The van der Waals surface area contributed by atoms with Gasteiger partial charge in [0, 0.05) is 10.6 Å². The summed E-state index contributed by atoms with van der Waals surface area (Å²) in [4.78, 5) is 39.2. The van der Waals surface area contributed by atoms with Gasteiger partial charge in [-0.1, -0.05) is 54.1 Å². The third-order valence-electron chi connectivity index (χ3n) is 6.37. The molecule has 7 nitrogen and oxygen atoms in total. The minimum Gasteiger partial charge on any atom is -0.493 e. The number of hydrogen-bond acceptors (Lipinski definition) is 5. The van der Waals surface area contributed by atoms with Gasteiger partial charge >= 0.3 is 6.03 Å². The Bertz CT molecular complexity index is 1680. The molecule has 1 N–H and O–H groups in total. The van der Waals surface area contributed by atoms with Crippen molar-refractivity contribution in [3.05, 3.63) is 105 Å². The molecule has 1 heterocycles. The summed E-state index contributed by atoms with van der Waals surface area (Å²) in [6.07, 6.45) is 1.40. The number of methoxy groups -OCH3 is 1. The fourth-order valence-electron chi connectivity index (χ4n) is 4.42. The van der Waals surface area contributed by atoms with Crippen molar-refractivity contribution < 1.29 is 23.9 Å². The number of aryl methyl sites for hydroxylation is 1. The van der Waals surface area contributed by atoms with Crippen molar-refractivity contribution in [3.63, 3.8) is 0 Å². The highest BCUT2D eigenvalue weighted by atomic mass is 79.9. The molecule has 196 valence electrons. The third kappa shape index (κ3) is 5.26. The molecule has 0 saturated carbocycles. The van der Waals surface area contributed by atoms with E-state index in [1.807, 2.05) is 19.1 Å². The SMILES string of the molecule is COc1cc(/C=C2\C(=O)NC(=O)N(c3cccc(Cl)c3)C2=O)cc(Br)c1OCc1c(C)ccc2ccccc12. The largest absolute Gasteiger partial charge is 0.493 e. The molecule has 0 atom stereocenters. The maximum atomic E-state index is 13.2. The van der Waals surface area contributed by atoms with E-state index in [0.29, 0.717) is 33.2 Å². The van der Waals surface area contributed by atoms with Gasteiger partial charge in [-0.15, -0.1) is 0 Å². The summed E-state index contributed by atoms with van der Waals surface area (Å²) in [6, 6.07) is 21.0. The summed E-state index contributed by atoms with van der Waals surface area (Å²) < 4.78 is 12.4. The summed E-state index contributed by atoms with van der Waals surface area (Å²) in [5.41, 5.74) is 2.68. The predicted molar refractivity (Wildman–Crippen MR) is 154 cm³/mol. The van der Waals surface area contributed by atoms with Crippen molar-refractivity contribution in [2.75, 3.05) is 12.0 Å². The van der Waals surface area contributed by atoms with E-state index in [9.17, 15) is 14.4 Å². The van der Waals surface area contributed by atoms with E-state index in [1.165, 1.54) is 19.3 Å². The van der Waals surface area contributed by atoms with Crippen LogP contribution in [0.1, 0.15) is 16.7 Å². The number of nitrogens with one attached hydrogen (secondary N) is 1. The number of nitrogens with zero attached hydrogens (tertiary/aromatic N) is 1. The van der Waals surface area contributed by atoms with Gasteiger partial charge in [0.15, 0.2) is 11.5 Å². The van der Waals surface area contributed by atoms with Crippen molar-refractivity contribution >= 4 is 67.9 Å². The van der Waals surface area contributed by atoms with Gasteiger partial charge in [0.25, 0.3) is 11.8 Å². The number of carbonyl (C=O) groups is 3. The number of benzene rings is 4. The van der Waals surface area contributed by atoms with E-state index in [0.717, 1.165) is 26.8 Å². The Kier molecular flexibility index (Phi) is 7.41. The molecule has 39 heavy (non-hydrogen) atoms. The Hall–Kier alpha value is -4.14. The van der Waals surface area contributed by atoms with E-state index in [-0.39, 0.29) is 11.3 Å². The second-order valence-electron chi connectivity index (χ2n) is 8.84.